The average Bonchev–Trinajstić information content (AvgIpc) is 2.59. The molecule has 0 radical (unpaired) electrons. The molecule has 1 aliphatic carbocycles. The van der Waals surface area contributed by atoms with Crippen molar-refractivity contribution in [3.8, 4) is 0 Å². The molecule has 1 heterocycles. The third-order valence-electron chi connectivity index (χ3n) is 2.63. The number of piperidine rings is 1. The second-order valence-corrected chi connectivity index (χ2v) is 3.59. The number of allylic oxidation sites excluding steroid dienone is 3. The van der Waals surface area contributed by atoms with Crippen LogP contribution in [0.5, 0.6) is 0 Å². The van der Waals surface area contributed by atoms with E-state index < -0.39 is 34.4 Å². The lowest BCUT2D eigenvalue weighted by Crippen LogP contribution is -2.71. The Morgan fingerprint density at radius 1 is 0.941 bits per heavy atom. The molecule has 2 aliphatic rings. The first-order valence-corrected chi connectivity index (χ1v) is 4.18. The van der Waals surface area contributed by atoms with Crippen molar-refractivity contribution in [2.24, 2.45) is 0 Å². The number of halogens is 8. The molecule has 0 spiro atoms. The van der Waals surface area contributed by atoms with Crippen molar-refractivity contribution >= 4 is 0 Å². The van der Waals surface area contributed by atoms with Crippen LogP contribution in [0.25, 0.3) is 0 Å². The highest BCUT2D eigenvalue weighted by atomic mass is 19.3. The maximum atomic E-state index is 13.6. The average molecular weight is 265 g/mol. The topological polar surface area (TPSA) is 3.24 Å². The van der Waals surface area contributed by atoms with Crippen molar-refractivity contribution in [2.45, 2.75) is 23.7 Å². The minimum absolute atomic E-state index is 0.142. The van der Waals surface area contributed by atoms with Crippen molar-refractivity contribution < 1.29 is 35.2 Å². The van der Waals surface area contributed by atoms with Gasteiger partial charge in [0.1, 0.15) is 0 Å². The van der Waals surface area contributed by atoms with E-state index in [-0.39, 0.29) is 12.2 Å². The fourth-order valence-corrected chi connectivity index (χ4v) is 1.71. The van der Waals surface area contributed by atoms with Gasteiger partial charge in [-0.05, 0) is 11.2 Å². The third-order valence-corrected chi connectivity index (χ3v) is 2.63. The van der Waals surface area contributed by atoms with Crippen LogP contribution in [0.2, 0.25) is 0 Å². The maximum absolute atomic E-state index is 13.6. The lowest BCUT2D eigenvalue weighted by atomic mass is 9.85. The number of hydrogen-bond acceptors (Lipinski definition) is 1. The largest absolute Gasteiger partial charge is 0.401 e. The molecule has 1 saturated heterocycles. The van der Waals surface area contributed by atoms with Gasteiger partial charge in [-0.25, -0.2) is 4.39 Å². The van der Waals surface area contributed by atoms with Gasteiger partial charge in [0.15, 0.2) is 0 Å². The Balaban J connectivity index is 2.70. The van der Waals surface area contributed by atoms with E-state index in [4.69, 9.17) is 0 Å². The van der Waals surface area contributed by atoms with E-state index in [2.05, 4.69) is 0 Å². The van der Waals surface area contributed by atoms with Crippen LogP contribution in [0.15, 0.2) is 23.8 Å². The first-order valence-electron chi connectivity index (χ1n) is 4.18. The van der Waals surface area contributed by atoms with Crippen LogP contribution in [0.1, 0.15) is 0 Å². The van der Waals surface area contributed by atoms with E-state index in [1.54, 1.807) is 0 Å². The van der Waals surface area contributed by atoms with E-state index >= 15 is 0 Å². The van der Waals surface area contributed by atoms with Crippen LogP contribution in [0.4, 0.5) is 35.2 Å². The molecule has 0 bridgehead atoms. The first-order chi connectivity index (χ1) is 7.49. The van der Waals surface area contributed by atoms with Gasteiger partial charge in [-0.1, -0.05) is 12.2 Å². The summed E-state index contributed by atoms with van der Waals surface area (Å²) in [7, 11) is 0. The lowest BCUT2D eigenvalue weighted by Gasteiger charge is -2.46. The van der Waals surface area contributed by atoms with Gasteiger partial charge in [-0.15, -0.1) is 4.48 Å². The molecule has 1 nitrogen and oxygen atoms in total. The van der Waals surface area contributed by atoms with Gasteiger partial charge >= 0.3 is 18.0 Å². The summed E-state index contributed by atoms with van der Waals surface area (Å²) in [6, 6.07) is -11.1. The molecule has 0 aromatic rings. The molecule has 1 fully saturated rings. The van der Waals surface area contributed by atoms with Crippen LogP contribution in [0.3, 0.4) is 0 Å². The summed E-state index contributed by atoms with van der Waals surface area (Å²) in [5.74, 6) is -5.64. The van der Waals surface area contributed by atoms with Crippen molar-refractivity contribution in [1.29, 1.82) is 0 Å². The van der Waals surface area contributed by atoms with Crippen LogP contribution in [-0.4, -0.2) is 28.8 Å². The first kappa shape index (κ1) is 12.3. The molecule has 9 heteroatoms. The summed E-state index contributed by atoms with van der Waals surface area (Å²) in [5, 5.41) is -2.61. The van der Waals surface area contributed by atoms with Gasteiger partial charge in [-0.2, -0.15) is 26.3 Å². The van der Waals surface area contributed by atoms with E-state index in [0.717, 1.165) is 0 Å². The third kappa shape index (κ3) is 1.08. The highest BCUT2D eigenvalue weighted by molar-refractivity contribution is 5.46. The van der Waals surface area contributed by atoms with Crippen molar-refractivity contribution in [2.75, 3.05) is 0 Å². The molecule has 0 aromatic heterocycles. The number of rotatable bonds is 0. The number of alkyl halides is 7. The Morgan fingerprint density at radius 3 is 2.00 bits per heavy atom. The standard InChI is InChI=1S/C8H3F8N/c9-5-3-1-2-4(5)6(10,11)17(16)8(14,15)7(5,12)13/h1-3H. The molecule has 0 N–H and O–H groups in total. The Hall–Kier alpha value is -1.12. The summed E-state index contributed by atoms with van der Waals surface area (Å²) < 4.78 is 104. The van der Waals surface area contributed by atoms with Crippen LogP contribution in [0, 0.1) is 0 Å². The van der Waals surface area contributed by atoms with Crippen molar-refractivity contribution in [3.63, 3.8) is 0 Å². The van der Waals surface area contributed by atoms with Crippen molar-refractivity contribution in [1.82, 2.24) is 5.12 Å². The van der Waals surface area contributed by atoms with Crippen LogP contribution >= 0.6 is 0 Å². The summed E-state index contributed by atoms with van der Waals surface area (Å²) >= 11 is 0. The molecule has 17 heavy (non-hydrogen) atoms. The van der Waals surface area contributed by atoms with E-state index in [0.29, 0.717) is 6.08 Å². The SMILES string of the molecule is FN1C(F)(F)C2=CC=CC2(F)C(F)(F)C1(F)F. The molecule has 1 atom stereocenters. The van der Waals surface area contributed by atoms with E-state index in [1.165, 1.54) is 0 Å². The predicted molar refractivity (Wildman–Crippen MR) is 38.9 cm³/mol. The molecule has 0 amide bonds. The number of fused-ring (bicyclic) bond motifs is 1. The highest BCUT2D eigenvalue weighted by Crippen LogP contribution is 2.61. The maximum Gasteiger partial charge on any atom is 0.401 e. The fourth-order valence-electron chi connectivity index (χ4n) is 1.71. The molecular weight excluding hydrogens is 262 g/mol. The quantitative estimate of drug-likeness (QED) is 0.369. The number of hydrogen-bond donors (Lipinski definition) is 0. The smallest absolute Gasteiger partial charge is 0.227 e. The highest BCUT2D eigenvalue weighted by Gasteiger charge is 2.84. The van der Waals surface area contributed by atoms with Crippen molar-refractivity contribution in [3.05, 3.63) is 23.8 Å². The summed E-state index contributed by atoms with van der Waals surface area (Å²) in [6.07, 6.45) is 0.416. The summed E-state index contributed by atoms with van der Waals surface area (Å²) in [6.45, 7) is 0. The second kappa shape index (κ2) is 2.82. The zero-order valence-corrected chi connectivity index (χ0v) is 7.70. The second-order valence-electron chi connectivity index (χ2n) is 3.59. The molecule has 0 aromatic carbocycles. The zero-order valence-electron chi connectivity index (χ0n) is 7.70. The Labute approximate surface area is 88.9 Å². The zero-order chi connectivity index (χ0) is 13.3. The van der Waals surface area contributed by atoms with Gasteiger partial charge in [0, 0.05) is 0 Å². The van der Waals surface area contributed by atoms with Crippen LogP contribution in [-0.2, 0) is 0 Å². The van der Waals surface area contributed by atoms with Gasteiger partial charge in [-0.3, -0.25) is 0 Å². The molecule has 1 aliphatic heterocycles. The number of nitrogens with zero attached hydrogens (tertiary/aromatic N) is 1. The monoisotopic (exact) mass is 265 g/mol. The minimum Gasteiger partial charge on any atom is -0.227 e. The molecule has 0 saturated carbocycles. The molecule has 96 valence electrons. The van der Waals surface area contributed by atoms with Gasteiger partial charge in [0.05, 0.1) is 5.57 Å². The normalized spacial score (nSPS) is 37.8. The lowest BCUT2D eigenvalue weighted by molar-refractivity contribution is -0.435. The van der Waals surface area contributed by atoms with E-state index in [9.17, 15) is 35.2 Å². The molecule has 1 unspecified atom stereocenters. The predicted octanol–water partition coefficient (Wildman–Crippen LogP) is 3.21. The van der Waals surface area contributed by atoms with Gasteiger partial charge in [0.2, 0.25) is 5.67 Å². The summed E-state index contributed by atoms with van der Waals surface area (Å²) in [5.41, 5.74) is -6.45. The Morgan fingerprint density at radius 2 is 1.47 bits per heavy atom. The summed E-state index contributed by atoms with van der Waals surface area (Å²) in [4.78, 5) is 0. The molecular formula is C8H3F8N. The van der Waals surface area contributed by atoms with Gasteiger partial charge < -0.3 is 0 Å². The Kier molecular flexibility index (Phi) is 2.05. The minimum atomic E-state index is -5.96. The van der Waals surface area contributed by atoms with Crippen LogP contribution < -0.4 is 0 Å². The molecule has 2 rings (SSSR count). The van der Waals surface area contributed by atoms with E-state index in [1.807, 2.05) is 0 Å². The Bertz CT molecular complexity index is 425. The van der Waals surface area contributed by atoms with Gasteiger partial charge in [0.25, 0.3) is 0 Å². The fraction of sp³-hybridized carbons (Fsp3) is 0.500.